The lowest BCUT2D eigenvalue weighted by molar-refractivity contribution is 0.160. The fourth-order valence-corrected chi connectivity index (χ4v) is 5.17. The lowest BCUT2D eigenvalue weighted by Crippen LogP contribution is -2.39. The van der Waals surface area contributed by atoms with Crippen molar-refractivity contribution in [1.29, 1.82) is 0 Å². The van der Waals surface area contributed by atoms with Gasteiger partial charge in [0.1, 0.15) is 5.75 Å². The summed E-state index contributed by atoms with van der Waals surface area (Å²) in [5.41, 5.74) is 6.63. The van der Waals surface area contributed by atoms with Crippen molar-refractivity contribution in [2.45, 2.75) is 25.4 Å². The summed E-state index contributed by atoms with van der Waals surface area (Å²) in [5.74, 6) is 2.50. The molecule has 1 unspecified atom stereocenters. The predicted molar refractivity (Wildman–Crippen MR) is 130 cm³/mol. The molecule has 0 N–H and O–H groups in total. The standard InChI is InChI=1S/C27H27NO3S/c1-29-23-9-8-20-15-25-24-17-27(31-32-13-11-19-6-4-3-5-7-19)26(30-2)16-21(24)10-12-28(25)18-22(20)14-23/h3-9,11,13-14,16-17,25H,10,12,15,18H2,1-2H3/b13-11+. The van der Waals surface area contributed by atoms with Gasteiger partial charge in [-0.05, 0) is 71.0 Å². The van der Waals surface area contributed by atoms with Gasteiger partial charge in [0.15, 0.2) is 11.5 Å². The van der Waals surface area contributed by atoms with Crippen molar-refractivity contribution in [3.05, 3.63) is 93.9 Å². The van der Waals surface area contributed by atoms with E-state index in [9.17, 15) is 0 Å². The Balaban J connectivity index is 1.38. The maximum atomic E-state index is 6.07. The molecular weight excluding hydrogens is 418 g/mol. The van der Waals surface area contributed by atoms with Crippen molar-refractivity contribution in [2.24, 2.45) is 0 Å². The summed E-state index contributed by atoms with van der Waals surface area (Å²) in [4.78, 5) is 2.57. The Morgan fingerprint density at radius 3 is 2.59 bits per heavy atom. The molecular formula is C27H27NO3S. The van der Waals surface area contributed by atoms with Gasteiger partial charge in [-0.3, -0.25) is 4.90 Å². The maximum Gasteiger partial charge on any atom is 0.180 e. The molecule has 0 amide bonds. The van der Waals surface area contributed by atoms with Gasteiger partial charge in [0.2, 0.25) is 0 Å². The molecule has 0 fully saturated rings. The second-order valence-electron chi connectivity index (χ2n) is 8.17. The Bertz CT molecular complexity index is 1130. The Morgan fingerprint density at radius 1 is 0.906 bits per heavy atom. The second kappa shape index (κ2) is 9.31. The van der Waals surface area contributed by atoms with Crippen LogP contribution in [0.3, 0.4) is 0 Å². The number of ether oxygens (including phenoxy) is 2. The van der Waals surface area contributed by atoms with Gasteiger partial charge >= 0.3 is 0 Å². The number of hydrogen-bond acceptors (Lipinski definition) is 5. The van der Waals surface area contributed by atoms with Crippen LogP contribution in [0.2, 0.25) is 0 Å². The highest BCUT2D eigenvalue weighted by atomic mass is 32.2. The average Bonchev–Trinajstić information content (AvgIpc) is 2.85. The van der Waals surface area contributed by atoms with Crippen molar-refractivity contribution < 1.29 is 13.7 Å². The van der Waals surface area contributed by atoms with Gasteiger partial charge in [0.05, 0.1) is 26.3 Å². The smallest absolute Gasteiger partial charge is 0.180 e. The second-order valence-corrected chi connectivity index (χ2v) is 8.80. The number of rotatable bonds is 6. The molecule has 0 bridgehead atoms. The van der Waals surface area contributed by atoms with E-state index in [1.807, 2.05) is 29.7 Å². The first-order valence-electron chi connectivity index (χ1n) is 10.9. The van der Waals surface area contributed by atoms with Crippen molar-refractivity contribution >= 4 is 18.1 Å². The first kappa shape index (κ1) is 21.0. The minimum Gasteiger partial charge on any atom is -0.497 e. The summed E-state index contributed by atoms with van der Waals surface area (Å²) in [6.45, 7) is 2.00. The molecule has 5 rings (SSSR count). The van der Waals surface area contributed by atoms with Crippen LogP contribution in [0.4, 0.5) is 0 Å². The lowest BCUT2D eigenvalue weighted by Gasteiger charge is -2.41. The van der Waals surface area contributed by atoms with Crippen molar-refractivity contribution in [1.82, 2.24) is 4.90 Å². The number of fused-ring (bicyclic) bond motifs is 4. The molecule has 2 heterocycles. The lowest BCUT2D eigenvalue weighted by atomic mass is 9.84. The first-order chi connectivity index (χ1) is 15.7. The molecule has 3 aromatic rings. The normalized spacial score (nSPS) is 17.4. The first-order valence-corrected chi connectivity index (χ1v) is 11.7. The zero-order chi connectivity index (χ0) is 21.9. The summed E-state index contributed by atoms with van der Waals surface area (Å²) < 4.78 is 17.2. The summed E-state index contributed by atoms with van der Waals surface area (Å²) in [5, 5.41) is 1.96. The quantitative estimate of drug-likeness (QED) is 0.431. The van der Waals surface area contributed by atoms with Crippen molar-refractivity contribution in [3.8, 4) is 17.2 Å². The van der Waals surface area contributed by atoms with Gasteiger partial charge in [0.25, 0.3) is 0 Å². The molecule has 0 saturated carbocycles. The van der Waals surface area contributed by atoms with E-state index in [1.165, 1.54) is 34.3 Å². The molecule has 5 heteroatoms. The van der Waals surface area contributed by atoms with E-state index in [1.54, 1.807) is 14.2 Å². The minimum atomic E-state index is 0.359. The Hall–Kier alpha value is -2.89. The summed E-state index contributed by atoms with van der Waals surface area (Å²) in [6, 6.07) is 21.4. The summed E-state index contributed by atoms with van der Waals surface area (Å²) in [6.07, 6.45) is 4.06. The van der Waals surface area contributed by atoms with Crippen LogP contribution in [0.25, 0.3) is 6.08 Å². The third kappa shape index (κ3) is 4.23. The number of nitrogens with zero attached hydrogens (tertiary/aromatic N) is 1. The average molecular weight is 446 g/mol. The van der Waals surface area contributed by atoms with Crippen molar-refractivity contribution in [2.75, 3.05) is 20.8 Å². The van der Waals surface area contributed by atoms with Gasteiger partial charge in [0, 0.05) is 24.5 Å². The van der Waals surface area contributed by atoms with E-state index in [0.29, 0.717) is 6.04 Å². The van der Waals surface area contributed by atoms with Crippen LogP contribution in [-0.2, 0) is 19.4 Å². The van der Waals surface area contributed by atoms with Crippen LogP contribution in [0, 0.1) is 0 Å². The van der Waals surface area contributed by atoms with Crippen LogP contribution in [0.1, 0.15) is 33.9 Å². The fraction of sp³-hybridized carbons (Fsp3) is 0.259. The Labute approximate surface area is 194 Å². The molecule has 2 aliphatic heterocycles. The maximum absolute atomic E-state index is 6.07. The zero-order valence-corrected chi connectivity index (χ0v) is 19.2. The molecule has 0 aromatic heterocycles. The predicted octanol–water partition coefficient (Wildman–Crippen LogP) is 6.06. The van der Waals surface area contributed by atoms with E-state index in [0.717, 1.165) is 48.7 Å². The van der Waals surface area contributed by atoms with Gasteiger partial charge in [-0.15, -0.1) is 0 Å². The van der Waals surface area contributed by atoms with Crippen LogP contribution < -0.4 is 13.7 Å². The van der Waals surface area contributed by atoms with E-state index >= 15 is 0 Å². The summed E-state index contributed by atoms with van der Waals surface area (Å²) >= 11 is 1.32. The fourth-order valence-electron chi connectivity index (χ4n) is 4.67. The number of benzene rings is 3. The van der Waals surface area contributed by atoms with E-state index in [4.69, 9.17) is 13.7 Å². The Kier molecular flexibility index (Phi) is 6.10. The Morgan fingerprint density at radius 2 is 1.78 bits per heavy atom. The molecule has 0 radical (unpaired) electrons. The van der Waals surface area contributed by atoms with E-state index in [2.05, 4.69) is 47.4 Å². The van der Waals surface area contributed by atoms with Gasteiger partial charge in [-0.25, -0.2) is 0 Å². The molecule has 0 spiro atoms. The SMILES string of the molecule is COc1ccc2c(c1)CN1CCc3cc(OC)c(OS/C=C/c4ccccc4)cc3C1C2. The van der Waals surface area contributed by atoms with Gasteiger partial charge in [-0.1, -0.05) is 36.4 Å². The summed E-state index contributed by atoms with van der Waals surface area (Å²) in [7, 11) is 3.44. The highest BCUT2D eigenvalue weighted by Gasteiger charge is 2.33. The monoisotopic (exact) mass is 445 g/mol. The molecule has 164 valence electrons. The van der Waals surface area contributed by atoms with Crippen LogP contribution in [-0.4, -0.2) is 25.7 Å². The minimum absolute atomic E-state index is 0.359. The van der Waals surface area contributed by atoms with Crippen LogP contribution >= 0.6 is 12.0 Å². The van der Waals surface area contributed by atoms with Crippen LogP contribution in [0.15, 0.2) is 66.1 Å². The molecule has 32 heavy (non-hydrogen) atoms. The molecule has 0 aliphatic carbocycles. The highest BCUT2D eigenvalue weighted by Crippen LogP contribution is 2.43. The third-order valence-corrected chi connectivity index (χ3v) is 6.87. The molecule has 2 aliphatic rings. The number of methoxy groups -OCH3 is 2. The van der Waals surface area contributed by atoms with E-state index in [-0.39, 0.29) is 0 Å². The van der Waals surface area contributed by atoms with Crippen molar-refractivity contribution in [3.63, 3.8) is 0 Å². The highest BCUT2D eigenvalue weighted by molar-refractivity contribution is 7.98. The largest absolute Gasteiger partial charge is 0.497 e. The third-order valence-electron chi connectivity index (χ3n) is 6.35. The van der Waals surface area contributed by atoms with Gasteiger partial charge < -0.3 is 13.7 Å². The van der Waals surface area contributed by atoms with Crippen LogP contribution in [0.5, 0.6) is 17.2 Å². The molecule has 4 nitrogen and oxygen atoms in total. The van der Waals surface area contributed by atoms with Gasteiger partial charge in [-0.2, -0.15) is 0 Å². The zero-order valence-electron chi connectivity index (χ0n) is 18.4. The molecule has 3 aromatic carbocycles. The van der Waals surface area contributed by atoms with E-state index < -0.39 is 0 Å². The topological polar surface area (TPSA) is 30.9 Å². The molecule has 0 saturated heterocycles. The number of hydrogen-bond donors (Lipinski definition) is 0. The molecule has 1 atom stereocenters.